The number of ether oxygens (including phenoxy) is 1. The molecule has 12 heteroatoms. The number of halogens is 3. The summed E-state index contributed by atoms with van der Waals surface area (Å²) in [4.78, 5) is 12.4. The second-order valence-corrected chi connectivity index (χ2v) is 12.8. The second-order valence-electron chi connectivity index (χ2n) is 10.6. The van der Waals surface area contributed by atoms with Gasteiger partial charge < -0.3 is 10.1 Å². The van der Waals surface area contributed by atoms with Crippen LogP contribution in [0, 0.1) is 17.2 Å². The molecule has 1 aromatic heterocycles. The maximum Gasteiger partial charge on any atom is 0.417 e. The molecule has 3 saturated carbocycles. The van der Waals surface area contributed by atoms with Crippen molar-refractivity contribution >= 4 is 15.7 Å². The van der Waals surface area contributed by atoms with Gasteiger partial charge in [0.05, 0.1) is 46.1 Å². The van der Waals surface area contributed by atoms with E-state index in [1.54, 1.807) is 13.2 Å². The van der Waals surface area contributed by atoms with Crippen LogP contribution < -0.4 is 5.32 Å². The van der Waals surface area contributed by atoms with Crippen molar-refractivity contribution in [1.82, 2.24) is 15.1 Å². The largest absolute Gasteiger partial charge is 0.417 e. The molecule has 3 aliphatic carbocycles. The van der Waals surface area contributed by atoms with Gasteiger partial charge in [0, 0.05) is 18.8 Å². The Bertz CT molecular complexity index is 1370. The Hall–Kier alpha value is -2.91. The van der Waals surface area contributed by atoms with Gasteiger partial charge in [0.2, 0.25) is 5.91 Å². The van der Waals surface area contributed by atoms with E-state index in [-0.39, 0.29) is 24.5 Å². The number of hydrogen-bond donors (Lipinski definition) is 1. The summed E-state index contributed by atoms with van der Waals surface area (Å²) in [5, 5.41) is 14.9. The lowest BCUT2D eigenvalue weighted by Gasteiger charge is -2.24. The summed E-state index contributed by atoms with van der Waals surface area (Å²) in [6, 6.07) is 5.25. The number of rotatable bonds is 7. The molecule has 0 radical (unpaired) electrons. The minimum atomic E-state index is -4.92. The van der Waals surface area contributed by atoms with E-state index in [2.05, 4.69) is 16.5 Å². The first-order valence-corrected chi connectivity index (χ1v) is 14.3. The number of carbonyl (C=O) groups excluding carboxylic acids is 1. The Kier molecular flexibility index (Phi) is 6.80. The van der Waals surface area contributed by atoms with Gasteiger partial charge in [-0.3, -0.25) is 9.48 Å². The third-order valence-electron chi connectivity index (χ3n) is 7.86. The molecule has 1 amide bonds. The first kappa shape index (κ1) is 26.7. The first-order chi connectivity index (χ1) is 17.9. The molecule has 8 nitrogen and oxygen atoms in total. The minimum Gasteiger partial charge on any atom is -0.374 e. The predicted octanol–water partition coefficient (Wildman–Crippen LogP) is 4.16. The molecule has 3 aliphatic rings. The van der Waals surface area contributed by atoms with E-state index in [0.717, 1.165) is 37.8 Å². The third-order valence-corrected chi connectivity index (χ3v) is 10.1. The summed E-state index contributed by atoms with van der Waals surface area (Å²) in [7, 11) is -2.85. The van der Waals surface area contributed by atoms with Gasteiger partial charge in [-0.25, -0.2) is 8.42 Å². The van der Waals surface area contributed by atoms with Crippen molar-refractivity contribution in [3.05, 3.63) is 36.2 Å². The molecule has 1 N–H and O–H groups in total. The third kappa shape index (κ3) is 5.18. The van der Waals surface area contributed by atoms with Crippen LogP contribution in [0.4, 0.5) is 13.2 Å². The predicted molar refractivity (Wildman–Crippen MR) is 130 cm³/mol. The van der Waals surface area contributed by atoms with Crippen LogP contribution >= 0.6 is 0 Å². The number of nitrogens with zero attached hydrogens (tertiary/aromatic N) is 3. The number of hydrogen-bond acceptors (Lipinski definition) is 6. The van der Waals surface area contributed by atoms with Crippen molar-refractivity contribution in [2.75, 3.05) is 0 Å². The molecule has 204 valence electrons. The fourth-order valence-electron chi connectivity index (χ4n) is 5.55. The van der Waals surface area contributed by atoms with E-state index in [4.69, 9.17) is 4.74 Å². The van der Waals surface area contributed by atoms with Crippen molar-refractivity contribution in [2.45, 2.75) is 85.4 Å². The van der Waals surface area contributed by atoms with Crippen LogP contribution in [0.25, 0.3) is 11.1 Å². The number of alkyl halides is 3. The van der Waals surface area contributed by atoms with Crippen LogP contribution in [0.15, 0.2) is 35.5 Å². The van der Waals surface area contributed by atoms with Crippen LogP contribution in [0.2, 0.25) is 0 Å². The highest BCUT2D eigenvalue weighted by Gasteiger charge is 2.51. The lowest BCUT2D eigenvalue weighted by atomic mass is 10.0. The molecule has 2 aromatic rings. The number of amides is 1. The standard InChI is InChI=1S/C26H29F3N4O4S/c1-33-14-17(13-31-33)16-6-7-23(21(10-16)26(27,28)29)38(35,36)19-11-20(24(34)32-25(15-30)8-9-25)22(12-19)37-18-4-2-3-5-18/h6-7,10,13-14,18-20,22H,2-5,8-9,11-12H2,1H3,(H,32,34)/t19-,20-,22-/m0/s1. The Balaban J connectivity index is 1.46. The van der Waals surface area contributed by atoms with Crippen LogP contribution in [0.5, 0.6) is 0 Å². The first-order valence-electron chi connectivity index (χ1n) is 12.7. The Morgan fingerprint density at radius 1 is 1.21 bits per heavy atom. The average Bonchev–Trinajstić information content (AvgIpc) is 3.25. The summed E-state index contributed by atoms with van der Waals surface area (Å²) in [5.74, 6) is -1.35. The second kappa shape index (κ2) is 9.68. The molecule has 0 aliphatic heterocycles. The minimum absolute atomic E-state index is 0.0852. The highest BCUT2D eigenvalue weighted by Crippen LogP contribution is 2.44. The number of benzene rings is 1. The fraction of sp³-hybridized carbons (Fsp3) is 0.577. The zero-order valence-corrected chi connectivity index (χ0v) is 21.7. The molecule has 3 atom stereocenters. The summed E-state index contributed by atoms with van der Waals surface area (Å²) in [6.45, 7) is 0. The molecular weight excluding hydrogens is 521 g/mol. The number of sulfone groups is 1. The lowest BCUT2D eigenvalue weighted by molar-refractivity contribution is -0.139. The van der Waals surface area contributed by atoms with Crippen molar-refractivity contribution in [3.8, 4) is 17.2 Å². The molecule has 1 heterocycles. The smallest absolute Gasteiger partial charge is 0.374 e. The van der Waals surface area contributed by atoms with E-state index >= 15 is 0 Å². The molecule has 1 aromatic carbocycles. The van der Waals surface area contributed by atoms with E-state index in [9.17, 15) is 31.6 Å². The molecule has 3 fully saturated rings. The zero-order valence-electron chi connectivity index (χ0n) is 20.9. The van der Waals surface area contributed by atoms with Crippen molar-refractivity contribution < 1.29 is 31.1 Å². The molecule has 0 spiro atoms. The average molecular weight is 551 g/mol. The van der Waals surface area contributed by atoms with E-state index in [1.165, 1.54) is 16.9 Å². The van der Waals surface area contributed by atoms with Crippen LogP contribution in [-0.2, 0) is 32.6 Å². The molecule has 38 heavy (non-hydrogen) atoms. The van der Waals surface area contributed by atoms with E-state index in [0.29, 0.717) is 18.4 Å². The van der Waals surface area contributed by atoms with Gasteiger partial charge >= 0.3 is 6.18 Å². The summed E-state index contributed by atoms with van der Waals surface area (Å²) < 4.78 is 77.5. The SMILES string of the molecule is Cn1cc(-c2ccc(S(=O)(=O)[C@@H]3C[C@H](OC4CCCC4)[C@@H](C(=O)NC4(C#N)CC4)C3)c(C(F)(F)F)c2)cn1. The van der Waals surface area contributed by atoms with Crippen molar-refractivity contribution in [2.24, 2.45) is 13.0 Å². The van der Waals surface area contributed by atoms with Crippen LogP contribution in [0.3, 0.4) is 0 Å². The van der Waals surface area contributed by atoms with Gasteiger partial charge in [-0.05, 0) is 56.2 Å². The van der Waals surface area contributed by atoms with Gasteiger partial charge in [-0.1, -0.05) is 18.9 Å². The van der Waals surface area contributed by atoms with Gasteiger partial charge in [0.1, 0.15) is 5.54 Å². The number of aryl methyl sites for hydroxylation is 1. The van der Waals surface area contributed by atoms with Crippen LogP contribution in [-0.4, -0.2) is 47.1 Å². The number of carbonyl (C=O) groups is 1. The number of nitrogens with one attached hydrogen (secondary N) is 1. The molecule has 5 rings (SSSR count). The lowest BCUT2D eigenvalue weighted by Crippen LogP contribution is -2.43. The van der Waals surface area contributed by atoms with E-state index < -0.39 is 55.2 Å². The van der Waals surface area contributed by atoms with Crippen molar-refractivity contribution in [3.63, 3.8) is 0 Å². The zero-order chi connectivity index (χ0) is 27.3. The summed E-state index contributed by atoms with van der Waals surface area (Å²) in [6.07, 6.45) is 1.43. The van der Waals surface area contributed by atoms with Crippen LogP contribution in [0.1, 0.15) is 56.9 Å². The van der Waals surface area contributed by atoms with Gasteiger partial charge in [0.25, 0.3) is 0 Å². The molecule has 0 saturated heterocycles. The Morgan fingerprint density at radius 3 is 2.50 bits per heavy atom. The van der Waals surface area contributed by atoms with Gasteiger partial charge in [-0.2, -0.15) is 23.5 Å². The van der Waals surface area contributed by atoms with E-state index in [1.807, 2.05) is 0 Å². The topological polar surface area (TPSA) is 114 Å². The molecular formula is C26H29F3N4O4S. The fourth-order valence-corrected chi connectivity index (χ4v) is 7.55. The summed E-state index contributed by atoms with van der Waals surface area (Å²) in [5.41, 5.74) is -1.57. The Morgan fingerprint density at radius 2 is 1.92 bits per heavy atom. The number of aromatic nitrogens is 2. The van der Waals surface area contributed by atoms with Crippen molar-refractivity contribution in [1.29, 1.82) is 5.26 Å². The van der Waals surface area contributed by atoms with Gasteiger partial charge in [-0.15, -0.1) is 0 Å². The maximum absolute atomic E-state index is 14.1. The van der Waals surface area contributed by atoms with Gasteiger partial charge in [0.15, 0.2) is 9.84 Å². The monoisotopic (exact) mass is 550 g/mol. The number of nitriles is 1. The highest BCUT2D eigenvalue weighted by molar-refractivity contribution is 7.92. The normalized spacial score (nSPS) is 25.3. The Labute approximate surface area is 219 Å². The maximum atomic E-state index is 14.1. The molecule has 0 bridgehead atoms. The quantitative estimate of drug-likeness (QED) is 0.554. The summed E-state index contributed by atoms with van der Waals surface area (Å²) >= 11 is 0. The highest BCUT2D eigenvalue weighted by atomic mass is 32.2. The molecule has 0 unspecified atom stereocenters.